The van der Waals surface area contributed by atoms with Crippen LogP contribution in [0.4, 0.5) is 13.9 Å². The maximum Gasteiger partial charge on any atom is 0.282 e. The highest BCUT2D eigenvalue weighted by molar-refractivity contribution is 7.22. The number of halogens is 2. The molecule has 2 N–H and O–H groups in total. The first-order valence-corrected chi connectivity index (χ1v) is 6.10. The van der Waals surface area contributed by atoms with E-state index in [2.05, 4.69) is 4.98 Å². The lowest BCUT2D eigenvalue weighted by molar-refractivity contribution is -0.0262. The first-order chi connectivity index (χ1) is 8.46. The van der Waals surface area contributed by atoms with Gasteiger partial charge in [-0.25, -0.2) is 13.8 Å². The number of carbonyl (C=O) groups is 1. The molecule has 0 bridgehead atoms. The number of hydrogen-bond donors (Lipinski definition) is 1. The van der Waals surface area contributed by atoms with E-state index in [4.69, 9.17) is 5.73 Å². The number of amides is 1. The summed E-state index contributed by atoms with van der Waals surface area (Å²) in [5.74, 6) is -3.20. The van der Waals surface area contributed by atoms with Gasteiger partial charge in [0.25, 0.3) is 11.8 Å². The molecule has 0 unspecified atom stereocenters. The Morgan fingerprint density at radius 2 is 2.17 bits per heavy atom. The van der Waals surface area contributed by atoms with Gasteiger partial charge in [-0.3, -0.25) is 4.79 Å². The molecule has 4 nitrogen and oxygen atoms in total. The molecule has 0 spiro atoms. The highest BCUT2D eigenvalue weighted by Gasteiger charge is 2.45. The molecule has 94 valence electrons. The average molecular weight is 269 g/mol. The zero-order valence-electron chi connectivity index (χ0n) is 9.19. The Morgan fingerprint density at radius 1 is 1.44 bits per heavy atom. The molecular formula is C11H9F2N3OS. The van der Waals surface area contributed by atoms with E-state index in [-0.39, 0.29) is 13.1 Å². The summed E-state index contributed by atoms with van der Waals surface area (Å²) in [7, 11) is 0. The number of alkyl halides is 2. The third-order valence-electron chi connectivity index (χ3n) is 2.79. The second kappa shape index (κ2) is 3.61. The molecule has 1 aromatic heterocycles. The van der Waals surface area contributed by atoms with E-state index in [1.165, 1.54) is 16.2 Å². The summed E-state index contributed by atoms with van der Waals surface area (Å²) < 4.78 is 26.4. The van der Waals surface area contributed by atoms with E-state index < -0.39 is 11.8 Å². The molecule has 0 radical (unpaired) electrons. The first-order valence-electron chi connectivity index (χ1n) is 5.28. The van der Waals surface area contributed by atoms with Gasteiger partial charge in [0.05, 0.1) is 28.9 Å². The summed E-state index contributed by atoms with van der Waals surface area (Å²) in [5.41, 5.74) is 6.05. The topological polar surface area (TPSA) is 59.2 Å². The van der Waals surface area contributed by atoms with Crippen LogP contribution < -0.4 is 10.6 Å². The van der Waals surface area contributed by atoms with Gasteiger partial charge in [-0.05, 0) is 12.1 Å². The van der Waals surface area contributed by atoms with E-state index in [1.54, 1.807) is 18.2 Å². The third-order valence-corrected chi connectivity index (χ3v) is 3.87. The maximum absolute atomic E-state index is 12.8. The molecule has 2 heterocycles. The number of benzene rings is 1. The summed E-state index contributed by atoms with van der Waals surface area (Å²) in [6, 6.07) is 5.08. The standard InChI is InChI=1S/C11H9F2N3OS/c12-11(13)4-16(5-11)10-15-8-6(9(14)17)2-1-3-7(8)18-10/h1-3H,4-5H2,(H2,14,17). The molecule has 0 saturated carbocycles. The van der Waals surface area contributed by atoms with Crippen LogP contribution >= 0.6 is 11.3 Å². The Hall–Kier alpha value is -1.76. The summed E-state index contributed by atoms with van der Waals surface area (Å²) >= 11 is 1.29. The highest BCUT2D eigenvalue weighted by atomic mass is 32.1. The number of rotatable bonds is 2. The van der Waals surface area contributed by atoms with Gasteiger partial charge in [0, 0.05) is 0 Å². The number of aromatic nitrogens is 1. The normalized spacial score (nSPS) is 17.8. The van der Waals surface area contributed by atoms with Gasteiger partial charge in [-0.15, -0.1) is 0 Å². The van der Waals surface area contributed by atoms with E-state index in [0.29, 0.717) is 16.2 Å². The Bertz CT molecular complexity index is 632. The van der Waals surface area contributed by atoms with Crippen LogP contribution in [0.2, 0.25) is 0 Å². The van der Waals surface area contributed by atoms with Gasteiger partial charge in [-0.2, -0.15) is 0 Å². The molecule has 18 heavy (non-hydrogen) atoms. The molecule has 1 fully saturated rings. The van der Waals surface area contributed by atoms with Crippen LogP contribution in [0.5, 0.6) is 0 Å². The first kappa shape index (κ1) is 11.3. The van der Waals surface area contributed by atoms with Crippen LogP contribution in [0.25, 0.3) is 10.2 Å². The van der Waals surface area contributed by atoms with Gasteiger partial charge in [0.2, 0.25) is 0 Å². The number of primary amides is 1. The largest absolute Gasteiger partial charge is 0.366 e. The van der Waals surface area contributed by atoms with Crippen molar-refractivity contribution in [2.45, 2.75) is 5.92 Å². The van der Waals surface area contributed by atoms with Crippen LogP contribution in [-0.2, 0) is 0 Å². The Kier molecular flexibility index (Phi) is 2.28. The Balaban J connectivity index is 2.02. The predicted octanol–water partition coefficient (Wildman–Crippen LogP) is 1.85. The van der Waals surface area contributed by atoms with Crippen molar-refractivity contribution in [1.82, 2.24) is 4.98 Å². The molecule has 1 amide bonds. The minimum absolute atomic E-state index is 0.321. The molecule has 0 aliphatic carbocycles. The maximum atomic E-state index is 12.8. The number of nitrogens with two attached hydrogens (primary N) is 1. The second-order valence-corrected chi connectivity index (χ2v) is 5.23. The lowest BCUT2D eigenvalue weighted by Gasteiger charge is -2.38. The fourth-order valence-corrected chi connectivity index (χ4v) is 2.91. The number of para-hydroxylation sites is 1. The molecule has 7 heteroatoms. The van der Waals surface area contributed by atoms with Crippen molar-refractivity contribution >= 4 is 32.6 Å². The smallest absolute Gasteiger partial charge is 0.282 e. The van der Waals surface area contributed by atoms with Crippen molar-refractivity contribution in [3.05, 3.63) is 23.8 Å². The fraction of sp³-hybridized carbons (Fsp3) is 0.273. The zero-order chi connectivity index (χ0) is 12.9. The van der Waals surface area contributed by atoms with Crippen LogP contribution in [0, 0.1) is 0 Å². The number of fused-ring (bicyclic) bond motifs is 1. The lowest BCUT2D eigenvalue weighted by atomic mass is 10.2. The Morgan fingerprint density at radius 3 is 2.78 bits per heavy atom. The lowest BCUT2D eigenvalue weighted by Crippen LogP contribution is -2.56. The van der Waals surface area contributed by atoms with Gasteiger partial charge >= 0.3 is 0 Å². The van der Waals surface area contributed by atoms with Crippen LogP contribution in [0.15, 0.2) is 18.2 Å². The van der Waals surface area contributed by atoms with Crippen LogP contribution in [0.1, 0.15) is 10.4 Å². The molecule has 0 atom stereocenters. The van der Waals surface area contributed by atoms with E-state index in [0.717, 1.165) is 4.70 Å². The molecule has 1 aliphatic heterocycles. The number of anilines is 1. The number of nitrogens with zero attached hydrogens (tertiary/aromatic N) is 2. The number of thiazole rings is 1. The molecule has 2 aromatic rings. The predicted molar refractivity (Wildman–Crippen MR) is 65.3 cm³/mol. The molecular weight excluding hydrogens is 260 g/mol. The minimum atomic E-state index is -2.63. The molecule has 1 aromatic carbocycles. The SMILES string of the molecule is NC(=O)c1cccc2sc(N3CC(F)(F)C3)nc12. The van der Waals surface area contributed by atoms with Gasteiger partial charge < -0.3 is 10.6 Å². The molecule has 1 saturated heterocycles. The quantitative estimate of drug-likeness (QED) is 0.905. The van der Waals surface area contributed by atoms with Gasteiger partial charge in [0.15, 0.2) is 5.13 Å². The van der Waals surface area contributed by atoms with Gasteiger partial charge in [0.1, 0.15) is 0 Å². The zero-order valence-corrected chi connectivity index (χ0v) is 10.0. The van der Waals surface area contributed by atoms with Crippen molar-refractivity contribution in [2.24, 2.45) is 5.73 Å². The number of hydrogen-bond acceptors (Lipinski definition) is 4. The van der Waals surface area contributed by atoms with Crippen LogP contribution in [0.3, 0.4) is 0 Å². The van der Waals surface area contributed by atoms with Gasteiger partial charge in [-0.1, -0.05) is 17.4 Å². The van der Waals surface area contributed by atoms with E-state index >= 15 is 0 Å². The minimum Gasteiger partial charge on any atom is -0.366 e. The summed E-state index contributed by atoms with van der Waals surface area (Å²) in [5, 5.41) is 0.504. The van der Waals surface area contributed by atoms with Crippen molar-refractivity contribution in [3.8, 4) is 0 Å². The van der Waals surface area contributed by atoms with Crippen molar-refractivity contribution in [1.29, 1.82) is 0 Å². The van der Waals surface area contributed by atoms with Crippen molar-refractivity contribution < 1.29 is 13.6 Å². The van der Waals surface area contributed by atoms with E-state index in [1.807, 2.05) is 0 Å². The number of carbonyl (C=O) groups excluding carboxylic acids is 1. The van der Waals surface area contributed by atoms with Crippen LogP contribution in [-0.4, -0.2) is 29.9 Å². The summed E-state index contributed by atoms with van der Waals surface area (Å²) in [6.07, 6.45) is 0. The third kappa shape index (κ3) is 1.71. The Labute approximate surface area is 105 Å². The van der Waals surface area contributed by atoms with E-state index in [9.17, 15) is 13.6 Å². The summed E-state index contributed by atoms with van der Waals surface area (Å²) in [6.45, 7) is -0.641. The fourth-order valence-electron chi connectivity index (χ4n) is 1.92. The second-order valence-electron chi connectivity index (χ2n) is 4.23. The molecule has 3 rings (SSSR count). The average Bonchev–Trinajstić information content (AvgIpc) is 2.68. The molecule has 1 aliphatic rings. The van der Waals surface area contributed by atoms with Crippen molar-refractivity contribution in [3.63, 3.8) is 0 Å². The summed E-state index contributed by atoms with van der Waals surface area (Å²) in [4.78, 5) is 17.0. The van der Waals surface area contributed by atoms with Crippen molar-refractivity contribution in [2.75, 3.05) is 18.0 Å². The monoisotopic (exact) mass is 269 g/mol. The highest BCUT2D eigenvalue weighted by Crippen LogP contribution is 2.37.